The molecule has 0 spiro atoms. The lowest BCUT2D eigenvalue weighted by atomic mass is 10.1. The summed E-state index contributed by atoms with van der Waals surface area (Å²) in [5.41, 5.74) is 2.04. The third-order valence-corrected chi connectivity index (χ3v) is 4.44. The van der Waals surface area contributed by atoms with E-state index in [0.717, 1.165) is 15.9 Å². The van der Waals surface area contributed by atoms with Crippen molar-refractivity contribution < 1.29 is 8.78 Å². The zero-order valence-corrected chi connectivity index (χ0v) is 13.5. The number of aromatic nitrogens is 2. The van der Waals surface area contributed by atoms with Crippen LogP contribution in [0.1, 0.15) is 17.7 Å². The van der Waals surface area contributed by atoms with Crippen molar-refractivity contribution in [1.29, 1.82) is 0 Å². The summed E-state index contributed by atoms with van der Waals surface area (Å²) in [7, 11) is 1.65. The minimum absolute atomic E-state index is 0.175. The summed E-state index contributed by atoms with van der Waals surface area (Å²) in [4.78, 5) is 2.01. The Morgan fingerprint density at radius 1 is 1.38 bits per heavy atom. The molecule has 7 heteroatoms. The summed E-state index contributed by atoms with van der Waals surface area (Å²) in [6.45, 7) is 0. The van der Waals surface area contributed by atoms with E-state index in [1.165, 1.54) is 4.68 Å². The van der Waals surface area contributed by atoms with Crippen LogP contribution in [-0.2, 0) is 7.05 Å². The average molecular weight is 372 g/mol. The number of rotatable bonds is 3. The van der Waals surface area contributed by atoms with Crippen LogP contribution in [0.5, 0.6) is 0 Å². The molecule has 3 nitrogen and oxygen atoms in total. The topological polar surface area (TPSA) is 21.1 Å². The molecule has 110 valence electrons. The van der Waals surface area contributed by atoms with Gasteiger partial charge in [0.2, 0.25) is 0 Å². The molecule has 1 aliphatic heterocycles. The zero-order valence-electron chi connectivity index (χ0n) is 11.1. The van der Waals surface area contributed by atoms with Crippen LogP contribution in [0, 0.1) is 0 Å². The Morgan fingerprint density at radius 2 is 2.19 bits per heavy atom. The van der Waals surface area contributed by atoms with Gasteiger partial charge in [0.15, 0.2) is 0 Å². The van der Waals surface area contributed by atoms with E-state index in [4.69, 9.17) is 0 Å². The minimum Gasteiger partial charge on any atom is -0.330 e. The monoisotopic (exact) mass is 371 g/mol. The number of hydrogen-bond acceptors (Lipinski definition) is 3. The van der Waals surface area contributed by atoms with E-state index < -0.39 is 6.43 Å². The lowest BCUT2D eigenvalue weighted by Gasteiger charge is -2.22. The standard InChI is InChI=1S/C14H12BrF2N3S/c1-19-6-11(13(18-19)14(16)17)12-7-21-8-20(12)10-4-2-3-9(15)5-10/h2-7,14H,8H2,1H3. The number of anilines is 1. The summed E-state index contributed by atoms with van der Waals surface area (Å²) >= 11 is 5.02. The molecular weight excluding hydrogens is 360 g/mol. The van der Waals surface area contributed by atoms with Gasteiger partial charge in [0, 0.05) is 29.0 Å². The molecule has 0 amide bonds. The second kappa shape index (κ2) is 5.81. The van der Waals surface area contributed by atoms with Gasteiger partial charge in [-0.05, 0) is 23.6 Å². The molecule has 0 radical (unpaired) electrons. The van der Waals surface area contributed by atoms with Gasteiger partial charge in [-0.15, -0.1) is 11.8 Å². The van der Waals surface area contributed by atoms with Crippen LogP contribution < -0.4 is 4.90 Å². The lowest BCUT2D eigenvalue weighted by molar-refractivity contribution is 0.145. The second-order valence-electron chi connectivity index (χ2n) is 4.61. The molecule has 0 atom stereocenters. The van der Waals surface area contributed by atoms with Crippen molar-refractivity contribution in [3.8, 4) is 0 Å². The average Bonchev–Trinajstić information content (AvgIpc) is 3.04. The van der Waals surface area contributed by atoms with Crippen molar-refractivity contribution in [3.63, 3.8) is 0 Å². The zero-order chi connectivity index (χ0) is 15.0. The van der Waals surface area contributed by atoms with Crippen LogP contribution in [0.3, 0.4) is 0 Å². The highest BCUT2D eigenvalue weighted by Crippen LogP contribution is 2.39. The SMILES string of the molecule is Cn1cc(C2=CSCN2c2cccc(Br)c2)c(C(F)F)n1. The van der Waals surface area contributed by atoms with Crippen molar-refractivity contribution in [2.45, 2.75) is 6.43 Å². The Morgan fingerprint density at radius 3 is 2.90 bits per heavy atom. The van der Waals surface area contributed by atoms with Crippen LogP contribution in [0.2, 0.25) is 0 Å². The fourth-order valence-electron chi connectivity index (χ4n) is 2.25. The van der Waals surface area contributed by atoms with Crippen molar-refractivity contribution in [2.75, 3.05) is 10.8 Å². The molecule has 0 bridgehead atoms. The summed E-state index contributed by atoms with van der Waals surface area (Å²) in [6.07, 6.45) is -0.943. The summed E-state index contributed by atoms with van der Waals surface area (Å²) in [5.74, 6) is 0.698. The van der Waals surface area contributed by atoms with Gasteiger partial charge in [0.05, 0.1) is 11.6 Å². The first-order valence-corrected chi connectivity index (χ1v) is 8.07. The Hall–Kier alpha value is -1.34. The number of nitrogens with zero attached hydrogens (tertiary/aromatic N) is 3. The molecule has 3 rings (SSSR count). The Balaban J connectivity index is 2.02. The number of alkyl halides is 2. The molecule has 1 aromatic heterocycles. The smallest absolute Gasteiger partial charge is 0.282 e. The Labute approximate surface area is 133 Å². The second-order valence-corrected chi connectivity index (χ2v) is 6.35. The molecule has 0 saturated heterocycles. The van der Waals surface area contributed by atoms with Gasteiger partial charge in [0.1, 0.15) is 5.69 Å². The van der Waals surface area contributed by atoms with E-state index in [2.05, 4.69) is 21.0 Å². The normalized spacial score (nSPS) is 14.9. The van der Waals surface area contributed by atoms with Gasteiger partial charge < -0.3 is 4.90 Å². The van der Waals surface area contributed by atoms with Crippen LogP contribution in [0.15, 0.2) is 40.3 Å². The lowest BCUT2D eigenvalue weighted by Crippen LogP contribution is -2.17. The van der Waals surface area contributed by atoms with Gasteiger partial charge in [-0.2, -0.15) is 5.10 Å². The summed E-state index contributed by atoms with van der Waals surface area (Å²) < 4.78 is 28.7. The van der Waals surface area contributed by atoms with E-state index in [1.807, 2.05) is 34.6 Å². The maximum Gasteiger partial charge on any atom is 0.282 e. The predicted molar refractivity (Wildman–Crippen MR) is 85.2 cm³/mol. The third kappa shape index (κ3) is 2.85. The van der Waals surface area contributed by atoms with Crippen LogP contribution in [0.4, 0.5) is 14.5 Å². The molecule has 2 aromatic rings. The van der Waals surface area contributed by atoms with E-state index >= 15 is 0 Å². The predicted octanol–water partition coefficient (Wildman–Crippen LogP) is 4.63. The molecule has 0 N–H and O–H groups in total. The first kappa shape index (κ1) is 14.6. The molecule has 0 fully saturated rings. The van der Waals surface area contributed by atoms with Gasteiger partial charge in [-0.25, -0.2) is 8.78 Å². The highest BCUT2D eigenvalue weighted by molar-refractivity contribution is 9.10. The fourth-order valence-corrected chi connectivity index (χ4v) is 3.57. The summed E-state index contributed by atoms with van der Waals surface area (Å²) in [6, 6.07) is 7.79. The van der Waals surface area contributed by atoms with Gasteiger partial charge >= 0.3 is 0 Å². The van der Waals surface area contributed by atoms with Crippen molar-refractivity contribution in [3.05, 3.63) is 51.6 Å². The molecule has 2 heterocycles. The van der Waals surface area contributed by atoms with Gasteiger partial charge in [-0.3, -0.25) is 4.68 Å². The number of halogens is 3. The molecule has 21 heavy (non-hydrogen) atoms. The number of aryl methyl sites for hydroxylation is 1. The first-order chi connectivity index (χ1) is 10.1. The van der Waals surface area contributed by atoms with Crippen LogP contribution >= 0.6 is 27.7 Å². The molecule has 1 aromatic carbocycles. The maximum absolute atomic E-state index is 13.2. The highest BCUT2D eigenvalue weighted by Gasteiger charge is 2.26. The number of benzene rings is 1. The Kier molecular flexibility index (Phi) is 4.03. The largest absolute Gasteiger partial charge is 0.330 e. The van der Waals surface area contributed by atoms with E-state index in [9.17, 15) is 8.78 Å². The van der Waals surface area contributed by atoms with Gasteiger partial charge in [0.25, 0.3) is 6.43 Å². The molecule has 1 aliphatic rings. The molecule has 0 saturated carbocycles. The van der Waals surface area contributed by atoms with Crippen molar-refractivity contribution >= 4 is 39.1 Å². The van der Waals surface area contributed by atoms with Crippen molar-refractivity contribution in [1.82, 2.24) is 9.78 Å². The van der Waals surface area contributed by atoms with Gasteiger partial charge in [-0.1, -0.05) is 22.0 Å². The number of thioether (sulfide) groups is 1. The maximum atomic E-state index is 13.2. The van der Waals surface area contributed by atoms with E-state index in [0.29, 0.717) is 11.4 Å². The minimum atomic E-state index is -2.59. The molecule has 0 aliphatic carbocycles. The van der Waals surface area contributed by atoms with Crippen LogP contribution in [0.25, 0.3) is 5.70 Å². The van der Waals surface area contributed by atoms with Crippen molar-refractivity contribution in [2.24, 2.45) is 7.05 Å². The van der Waals surface area contributed by atoms with E-state index in [1.54, 1.807) is 25.0 Å². The highest BCUT2D eigenvalue weighted by atomic mass is 79.9. The van der Waals surface area contributed by atoms with Crippen LogP contribution in [-0.4, -0.2) is 15.7 Å². The Bertz CT molecular complexity index is 699. The summed E-state index contributed by atoms with van der Waals surface area (Å²) in [5, 5.41) is 5.79. The fraction of sp³-hybridized carbons (Fsp3) is 0.214. The first-order valence-electron chi connectivity index (χ1n) is 6.23. The quantitative estimate of drug-likeness (QED) is 0.784. The molecule has 0 unspecified atom stereocenters. The number of hydrogen-bond donors (Lipinski definition) is 0. The third-order valence-electron chi connectivity index (χ3n) is 3.15. The van der Waals surface area contributed by atoms with E-state index in [-0.39, 0.29) is 5.69 Å². The molecular formula is C14H12BrF2N3S.